The highest BCUT2D eigenvalue weighted by atomic mass is 19.4. The lowest BCUT2D eigenvalue weighted by atomic mass is 10.0. The van der Waals surface area contributed by atoms with Gasteiger partial charge in [-0.3, -0.25) is 24.1 Å². The molecule has 10 heteroatoms. The maximum Gasteiger partial charge on any atom is 0.418 e. The fourth-order valence-electron chi connectivity index (χ4n) is 6.31. The zero-order valence-corrected chi connectivity index (χ0v) is 25.1. The number of carbonyl (C=O) groups is 1. The first-order valence-corrected chi connectivity index (χ1v) is 15.3. The van der Waals surface area contributed by atoms with Gasteiger partial charge in [0, 0.05) is 78.5 Å². The molecule has 1 aliphatic rings. The van der Waals surface area contributed by atoms with Gasteiger partial charge in [-0.05, 0) is 60.5 Å². The van der Waals surface area contributed by atoms with Crippen LogP contribution >= 0.6 is 0 Å². The van der Waals surface area contributed by atoms with Gasteiger partial charge < -0.3 is 9.80 Å². The van der Waals surface area contributed by atoms with Crippen molar-refractivity contribution in [1.29, 1.82) is 0 Å². The highest BCUT2D eigenvalue weighted by molar-refractivity contribution is 6.05. The molecule has 0 atom stereocenters. The first-order valence-electron chi connectivity index (χ1n) is 15.3. The summed E-state index contributed by atoms with van der Waals surface area (Å²) in [6.45, 7) is 3.21. The Kier molecular flexibility index (Phi) is 7.43. The molecule has 1 amide bonds. The average molecular weight is 622 g/mol. The van der Waals surface area contributed by atoms with E-state index in [2.05, 4.69) is 9.97 Å². The molecule has 7 rings (SSSR count). The molecular weight excluding hydrogens is 591 g/mol. The lowest BCUT2D eigenvalue weighted by Crippen LogP contribution is -2.49. The summed E-state index contributed by atoms with van der Waals surface area (Å²) in [7, 11) is 0. The second kappa shape index (κ2) is 11.6. The van der Waals surface area contributed by atoms with Crippen molar-refractivity contribution in [2.24, 2.45) is 0 Å². The third-order valence-electron chi connectivity index (χ3n) is 8.62. The monoisotopic (exact) mass is 621 g/mol. The molecule has 46 heavy (non-hydrogen) atoms. The van der Waals surface area contributed by atoms with Gasteiger partial charge in [0.05, 0.1) is 27.8 Å². The molecule has 0 unspecified atom stereocenters. The third-order valence-corrected chi connectivity index (χ3v) is 8.62. The second-order valence-electron chi connectivity index (χ2n) is 11.5. The van der Waals surface area contributed by atoms with Crippen molar-refractivity contribution in [2.45, 2.75) is 25.9 Å². The number of piperazine rings is 1. The van der Waals surface area contributed by atoms with Crippen molar-refractivity contribution in [1.82, 2.24) is 19.4 Å². The van der Waals surface area contributed by atoms with Crippen molar-refractivity contribution in [3.8, 4) is 16.8 Å². The Morgan fingerprint density at radius 1 is 0.804 bits per heavy atom. The lowest BCUT2D eigenvalue weighted by molar-refractivity contribution is -0.137. The van der Waals surface area contributed by atoms with Gasteiger partial charge in [0.1, 0.15) is 0 Å². The number of rotatable bonds is 5. The Morgan fingerprint density at radius 2 is 1.59 bits per heavy atom. The van der Waals surface area contributed by atoms with Crippen molar-refractivity contribution in [2.75, 3.05) is 31.1 Å². The van der Waals surface area contributed by atoms with E-state index in [4.69, 9.17) is 0 Å². The maximum absolute atomic E-state index is 14.6. The van der Waals surface area contributed by atoms with E-state index in [9.17, 15) is 22.8 Å². The Bertz CT molecular complexity index is 2190. The van der Waals surface area contributed by atoms with E-state index >= 15 is 0 Å². The van der Waals surface area contributed by atoms with Crippen LogP contribution in [0.4, 0.5) is 18.9 Å². The molecule has 232 valence electrons. The first-order chi connectivity index (χ1) is 22.2. The predicted octanol–water partition coefficient (Wildman–Crippen LogP) is 7.22. The minimum Gasteiger partial charge on any atom is -0.367 e. The normalized spacial score (nSPS) is 14.0. The van der Waals surface area contributed by atoms with Gasteiger partial charge in [0.25, 0.3) is 5.56 Å². The Labute approximate surface area is 262 Å². The SMILES string of the molecule is CCCC(=O)N1CCN(c2ccc(-n3c(=O)ccc4cnc5ccc(-c6cnc7ccccc7c6)cc5c43)cc2C(F)(F)F)CC1. The molecule has 1 saturated heterocycles. The molecule has 6 aromatic rings. The van der Waals surface area contributed by atoms with E-state index in [1.165, 1.54) is 16.7 Å². The first kappa shape index (κ1) is 29.5. The summed E-state index contributed by atoms with van der Waals surface area (Å²) in [4.78, 5) is 38.4. The molecule has 0 N–H and O–H groups in total. The maximum atomic E-state index is 14.6. The summed E-state index contributed by atoms with van der Waals surface area (Å²) in [6.07, 6.45) is -0.118. The van der Waals surface area contributed by atoms with Gasteiger partial charge in [-0.2, -0.15) is 13.2 Å². The van der Waals surface area contributed by atoms with Crippen LogP contribution in [0.1, 0.15) is 25.3 Å². The lowest BCUT2D eigenvalue weighted by Gasteiger charge is -2.37. The Balaban J connectivity index is 1.35. The molecule has 7 nitrogen and oxygen atoms in total. The van der Waals surface area contributed by atoms with E-state index in [1.807, 2.05) is 55.5 Å². The second-order valence-corrected chi connectivity index (χ2v) is 11.5. The van der Waals surface area contributed by atoms with E-state index in [1.54, 1.807) is 34.3 Å². The number of benzene rings is 3. The van der Waals surface area contributed by atoms with Crippen LogP contribution in [0.15, 0.2) is 96.1 Å². The number of hydrogen-bond donors (Lipinski definition) is 0. The Hall–Kier alpha value is -5.25. The number of anilines is 1. The van der Waals surface area contributed by atoms with Gasteiger partial charge in [0.15, 0.2) is 0 Å². The van der Waals surface area contributed by atoms with E-state index in [0.717, 1.165) is 34.5 Å². The molecule has 1 fully saturated rings. The largest absolute Gasteiger partial charge is 0.418 e. The molecular formula is C36H30F3N5O2. The summed E-state index contributed by atoms with van der Waals surface area (Å²) in [5.74, 6) is 0.0191. The number of aromatic nitrogens is 3. The number of amides is 1. The zero-order chi connectivity index (χ0) is 32.0. The van der Waals surface area contributed by atoms with Crippen LogP contribution in [0.5, 0.6) is 0 Å². The molecule has 3 aromatic carbocycles. The number of halogens is 3. The smallest absolute Gasteiger partial charge is 0.367 e. The van der Waals surface area contributed by atoms with E-state index < -0.39 is 17.3 Å². The van der Waals surface area contributed by atoms with Crippen LogP contribution in [-0.4, -0.2) is 51.5 Å². The van der Waals surface area contributed by atoms with Gasteiger partial charge >= 0.3 is 6.18 Å². The number of para-hydroxylation sites is 1. The molecule has 0 spiro atoms. The zero-order valence-electron chi connectivity index (χ0n) is 25.1. The van der Waals surface area contributed by atoms with Crippen molar-refractivity contribution < 1.29 is 18.0 Å². The molecule has 0 radical (unpaired) electrons. The quantitative estimate of drug-likeness (QED) is 0.190. The summed E-state index contributed by atoms with van der Waals surface area (Å²) in [5.41, 5.74) is 2.49. The third kappa shape index (κ3) is 5.33. The topological polar surface area (TPSA) is 71.3 Å². The molecule has 4 heterocycles. The molecule has 3 aromatic heterocycles. The number of fused-ring (bicyclic) bond motifs is 4. The number of nitrogens with zero attached hydrogens (tertiary/aromatic N) is 5. The minimum absolute atomic E-state index is 0.0191. The molecule has 1 aliphatic heterocycles. The van der Waals surface area contributed by atoms with Crippen LogP contribution in [0.2, 0.25) is 0 Å². The van der Waals surface area contributed by atoms with Crippen molar-refractivity contribution in [3.05, 3.63) is 107 Å². The minimum atomic E-state index is -4.67. The molecule has 0 aliphatic carbocycles. The predicted molar refractivity (Wildman–Crippen MR) is 174 cm³/mol. The van der Waals surface area contributed by atoms with Crippen molar-refractivity contribution in [3.63, 3.8) is 0 Å². The van der Waals surface area contributed by atoms with E-state index in [-0.39, 0.29) is 30.4 Å². The van der Waals surface area contributed by atoms with Crippen LogP contribution in [-0.2, 0) is 11.0 Å². The number of alkyl halides is 3. The van der Waals surface area contributed by atoms with Crippen molar-refractivity contribution >= 4 is 44.3 Å². The summed E-state index contributed by atoms with van der Waals surface area (Å²) in [6, 6.07) is 22.5. The van der Waals surface area contributed by atoms with Crippen LogP contribution in [0, 0.1) is 0 Å². The van der Waals surface area contributed by atoms with Gasteiger partial charge in [-0.15, -0.1) is 0 Å². The van der Waals surface area contributed by atoms with Crippen LogP contribution in [0.3, 0.4) is 0 Å². The van der Waals surface area contributed by atoms with Gasteiger partial charge in [0.2, 0.25) is 5.91 Å². The van der Waals surface area contributed by atoms with E-state index in [0.29, 0.717) is 41.3 Å². The fraction of sp³-hybridized carbons (Fsp3) is 0.222. The van der Waals surface area contributed by atoms with Gasteiger partial charge in [-0.1, -0.05) is 31.2 Å². The standard InChI is InChI=1S/C36H30F3N5O2/c1-2-5-33(45)43-16-14-42(15-17-43)32-12-10-27(20-29(32)36(37,38)39)44-34(46)13-9-25-21-41-31-11-8-23(19-28(31)35(25)44)26-18-24-6-3-4-7-30(24)40-22-26/h3-4,6-13,18-22H,2,5,14-17H2,1H3. The number of pyridine rings is 3. The van der Waals surface area contributed by atoms with Crippen LogP contribution in [0.25, 0.3) is 49.5 Å². The Morgan fingerprint density at radius 3 is 2.37 bits per heavy atom. The summed E-state index contributed by atoms with van der Waals surface area (Å²) < 4.78 is 45.2. The number of hydrogen-bond acceptors (Lipinski definition) is 5. The van der Waals surface area contributed by atoms with Gasteiger partial charge in [-0.25, -0.2) is 0 Å². The summed E-state index contributed by atoms with van der Waals surface area (Å²) in [5, 5.41) is 2.22. The molecule has 0 saturated carbocycles. The highest BCUT2D eigenvalue weighted by Gasteiger charge is 2.36. The fourth-order valence-corrected chi connectivity index (χ4v) is 6.31. The van der Waals surface area contributed by atoms with Crippen LogP contribution < -0.4 is 10.5 Å². The molecule has 0 bridgehead atoms. The average Bonchev–Trinajstić information content (AvgIpc) is 3.07. The summed E-state index contributed by atoms with van der Waals surface area (Å²) >= 11 is 0. The number of carbonyl (C=O) groups excluding carboxylic acids is 1. The highest BCUT2D eigenvalue weighted by Crippen LogP contribution is 2.39.